The van der Waals surface area contributed by atoms with Crippen LogP contribution >= 0.6 is 46.6 Å². The van der Waals surface area contributed by atoms with Crippen LogP contribution in [-0.4, -0.2) is 22.5 Å². The molecule has 0 saturated carbocycles. The highest BCUT2D eigenvalue weighted by Crippen LogP contribution is 2.29. The zero-order valence-corrected chi connectivity index (χ0v) is 17.5. The van der Waals surface area contributed by atoms with Crippen molar-refractivity contribution in [1.82, 2.24) is 0 Å². The summed E-state index contributed by atoms with van der Waals surface area (Å²) in [4.78, 5) is 11.6. The lowest BCUT2D eigenvalue weighted by Crippen LogP contribution is -2.77. The van der Waals surface area contributed by atoms with Gasteiger partial charge in [-0.3, -0.25) is 15.5 Å². The topological polar surface area (TPSA) is 57.5 Å². The minimum atomic E-state index is -0.813. The Morgan fingerprint density at radius 2 is 1.86 bits per heavy atom. The molecule has 0 bridgehead atoms. The molecule has 0 aromatic heterocycles. The lowest BCUT2D eigenvalue weighted by atomic mass is 10.0. The van der Waals surface area contributed by atoms with Crippen LogP contribution in [0.2, 0.25) is 10.0 Å². The summed E-state index contributed by atoms with van der Waals surface area (Å²) < 4.78 is 13.2. The standard InChI is InChI=1S/C20H14Cl3FN2OS/c21-13-3-6-17(16(22)8-13)26-19-12(7-11-1-4-14(24)5-2-11)9-28-10-15(19)18(25)20(23)27/h1-8,25-26H,9-10H2/p+1/b12-7+,25-18?. The number of hydrogen-bond donors (Lipinski definition) is 2. The number of quaternary nitrogens is 1. The number of benzene rings is 2. The molecule has 3 rings (SSSR count). The van der Waals surface area contributed by atoms with E-state index in [9.17, 15) is 9.18 Å². The molecule has 2 aromatic carbocycles. The van der Waals surface area contributed by atoms with Gasteiger partial charge in [0.05, 0.1) is 5.57 Å². The third kappa shape index (κ3) is 5.04. The fraction of sp³-hybridized carbons (Fsp3) is 0.100. The van der Waals surface area contributed by atoms with Crippen LogP contribution in [0.3, 0.4) is 0 Å². The Bertz CT molecular complexity index is 1000. The predicted octanol–water partition coefficient (Wildman–Crippen LogP) is 5.20. The number of nitrogens with two attached hydrogens (primary N) is 1. The molecule has 0 atom stereocenters. The molecule has 3 N–H and O–H groups in total. The summed E-state index contributed by atoms with van der Waals surface area (Å²) in [6.07, 6.45) is 1.91. The summed E-state index contributed by atoms with van der Waals surface area (Å²) in [6, 6.07) is 11.2. The summed E-state index contributed by atoms with van der Waals surface area (Å²) in [5.41, 5.74) is 3.43. The van der Waals surface area contributed by atoms with E-state index in [0.29, 0.717) is 38.5 Å². The molecule has 0 aliphatic carbocycles. The molecular weight excluding hydrogens is 442 g/mol. The maximum atomic E-state index is 13.2. The van der Waals surface area contributed by atoms with Gasteiger partial charge in [-0.25, -0.2) is 4.39 Å². The molecule has 0 saturated heterocycles. The molecule has 144 valence electrons. The van der Waals surface area contributed by atoms with Gasteiger partial charge in [-0.1, -0.05) is 35.3 Å². The van der Waals surface area contributed by atoms with Crippen LogP contribution in [0.1, 0.15) is 5.56 Å². The number of thioether (sulfide) groups is 1. The van der Waals surface area contributed by atoms with Crippen molar-refractivity contribution in [2.24, 2.45) is 0 Å². The van der Waals surface area contributed by atoms with Crippen LogP contribution in [0, 0.1) is 11.2 Å². The van der Waals surface area contributed by atoms with Gasteiger partial charge >= 0.3 is 0 Å². The van der Waals surface area contributed by atoms with Gasteiger partial charge < -0.3 is 0 Å². The second kappa shape index (κ2) is 9.25. The monoisotopic (exact) mass is 455 g/mol. The smallest absolute Gasteiger partial charge is 0.270 e. The number of nitrogens with one attached hydrogen (secondary N) is 1. The first-order valence-electron chi connectivity index (χ1n) is 8.21. The van der Waals surface area contributed by atoms with E-state index in [1.165, 1.54) is 12.1 Å². The second-order valence-corrected chi connectivity index (χ2v) is 8.24. The summed E-state index contributed by atoms with van der Waals surface area (Å²) in [7, 11) is 0. The lowest BCUT2D eigenvalue weighted by Gasteiger charge is -2.20. The Balaban J connectivity index is 2.09. The Morgan fingerprint density at radius 3 is 2.50 bits per heavy atom. The van der Waals surface area contributed by atoms with E-state index in [4.69, 9.17) is 40.2 Å². The maximum absolute atomic E-state index is 13.2. The normalized spacial score (nSPS) is 15.8. The van der Waals surface area contributed by atoms with Gasteiger partial charge in [-0.2, -0.15) is 11.8 Å². The van der Waals surface area contributed by atoms with Crippen molar-refractivity contribution in [3.05, 3.63) is 80.7 Å². The van der Waals surface area contributed by atoms with E-state index in [0.717, 1.165) is 11.1 Å². The van der Waals surface area contributed by atoms with Crippen molar-refractivity contribution < 1.29 is 14.5 Å². The summed E-state index contributed by atoms with van der Waals surface area (Å²) >= 11 is 19.4. The maximum Gasteiger partial charge on any atom is 0.270 e. The van der Waals surface area contributed by atoms with Gasteiger partial charge in [0.1, 0.15) is 22.2 Å². The first-order chi connectivity index (χ1) is 13.3. The van der Waals surface area contributed by atoms with Gasteiger partial charge in [0.25, 0.3) is 5.24 Å². The highest BCUT2D eigenvalue weighted by atomic mass is 35.5. The summed E-state index contributed by atoms with van der Waals surface area (Å²) in [6.45, 7) is 0. The number of hydrogen-bond acceptors (Lipinski definition) is 3. The molecule has 8 heteroatoms. The van der Waals surface area contributed by atoms with Crippen LogP contribution in [0.4, 0.5) is 10.1 Å². The molecule has 2 aromatic rings. The number of halogens is 4. The highest BCUT2D eigenvalue weighted by Gasteiger charge is 2.28. The first-order valence-corrected chi connectivity index (χ1v) is 10.5. The number of rotatable bonds is 5. The SMILES string of the molecule is N=C(C(=O)Cl)C1=C([NH2+]c2ccc(Cl)cc2Cl)/C(=C/c2ccc(F)cc2)CSC1. The van der Waals surface area contributed by atoms with E-state index >= 15 is 0 Å². The van der Waals surface area contributed by atoms with Gasteiger partial charge in [0, 0.05) is 28.2 Å². The van der Waals surface area contributed by atoms with E-state index in [1.807, 2.05) is 11.4 Å². The number of carbonyl (C=O) groups is 1. The molecule has 3 nitrogen and oxygen atoms in total. The van der Waals surface area contributed by atoms with Crippen LogP contribution in [0.15, 0.2) is 59.3 Å². The van der Waals surface area contributed by atoms with Gasteiger partial charge in [0.2, 0.25) is 0 Å². The predicted molar refractivity (Wildman–Crippen MR) is 115 cm³/mol. The third-order valence-corrected chi connectivity index (χ3v) is 5.91. The zero-order chi connectivity index (χ0) is 20.3. The molecular formula is C20H15Cl3FN2OS+. The second-order valence-electron chi connectivity index (χ2n) is 6.07. The van der Waals surface area contributed by atoms with Crippen molar-refractivity contribution in [1.29, 1.82) is 5.41 Å². The molecule has 0 radical (unpaired) electrons. The first kappa shape index (κ1) is 21.1. The quantitative estimate of drug-likeness (QED) is 0.369. The molecule has 1 heterocycles. The van der Waals surface area contributed by atoms with Crippen molar-refractivity contribution in [2.45, 2.75) is 0 Å². The van der Waals surface area contributed by atoms with Gasteiger partial charge in [0.15, 0.2) is 5.69 Å². The Hall–Kier alpha value is -1.63. The highest BCUT2D eigenvalue weighted by molar-refractivity contribution is 7.99. The molecule has 0 unspecified atom stereocenters. The molecule has 0 amide bonds. The number of carbonyl (C=O) groups excluding carboxylic acids is 1. The summed E-state index contributed by atoms with van der Waals surface area (Å²) in [5.74, 6) is 0.835. The van der Waals surface area contributed by atoms with Crippen molar-refractivity contribution in [3.8, 4) is 0 Å². The average molecular weight is 457 g/mol. The number of allylic oxidation sites excluding steroid dienone is 1. The fourth-order valence-corrected chi connectivity index (χ4v) is 4.41. The van der Waals surface area contributed by atoms with Crippen LogP contribution in [-0.2, 0) is 4.79 Å². The van der Waals surface area contributed by atoms with E-state index in [1.54, 1.807) is 42.1 Å². The largest absolute Gasteiger partial charge is 0.296 e. The van der Waals surface area contributed by atoms with E-state index < -0.39 is 5.24 Å². The molecule has 0 fully saturated rings. The fourth-order valence-electron chi connectivity index (χ4n) is 2.77. The Morgan fingerprint density at radius 1 is 1.14 bits per heavy atom. The third-order valence-electron chi connectivity index (χ3n) is 4.15. The van der Waals surface area contributed by atoms with Crippen molar-refractivity contribution >= 4 is 69.3 Å². The van der Waals surface area contributed by atoms with E-state index in [2.05, 4.69) is 0 Å². The van der Waals surface area contributed by atoms with Crippen LogP contribution < -0.4 is 5.32 Å². The zero-order valence-electron chi connectivity index (χ0n) is 14.4. The van der Waals surface area contributed by atoms with Crippen LogP contribution in [0.25, 0.3) is 6.08 Å². The average Bonchev–Trinajstić information content (AvgIpc) is 2.66. The lowest BCUT2D eigenvalue weighted by molar-refractivity contribution is -0.514. The summed E-state index contributed by atoms with van der Waals surface area (Å²) in [5, 5.41) is 10.1. The Kier molecular flexibility index (Phi) is 6.96. The molecule has 0 spiro atoms. The van der Waals surface area contributed by atoms with Crippen LogP contribution in [0.5, 0.6) is 0 Å². The molecule has 1 aliphatic heterocycles. The van der Waals surface area contributed by atoms with Gasteiger partial charge in [-0.15, -0.1) is 0 Å². The van der Waals surface area contributed by atoms with Crippen molar-refractivity contribution in [3.63, 3.8) is 0 Å². The Labute approximate surface area is 181 Å². The minimum absolute atomic E-state index is 0.241. The van der Waals surface area contributed by atoms with Crippen molar-refractivity contribution in [2.75, 3.05) is 11.5 Å². The van der Waals surface area contributed by atoms with E-state index in [-0.39, 0.29) is 11.5 Å². The molecule has 28 heavy (non-hydrogen) atoms. The minimum Gasteiger partial charge on any atom is -0.296 e. The van der Waals surface area contributed by atoms with Gasteiger partial charge in [-0.05, 0) is 47.5 Å². The molecule has 1 aliphatic rings.